The van der Waals surface area contributed by atoms with Crippen LogP contribution in [0.5, 0.6) is 11.8 Å². The van der Waals surface area contributed by atoms with Gasteiger partial charge in [-0.25, -0.2) is 4.79 Å². The molecule has 2 amide bonds. The predicted octanol–water partition coefficient (Wildman–Crippen LogP) is 5.40. The number of hydrogen-bond acceptors (Lipinski definition) is 5. The smallest absolute Gasteiger partial charge is 0.320 e. The molecular weight excluding hydrogens is 561 g/mol. The highest BCUT2D eigenvalue weighted by atomic mass is 35.5. The minimum absolute atomic E-state index is 0.0517. The van der Waals surface area contributed by atoms with E-state index in [0.717, 1.165) is 88.3 Å². The summed E-state index contributed by atoms with van der Waals surface area (Å²) in [6, 6.07) is 5.97. The third-order valence-electron chi connectivity index (χ3n) is 10.9. The summed E-state index contributed by atoms with van der Waals surface area (Å²) in [6.45, 7) is 9.35. The topological polar surface area (TPSA) is 75.4 Å². The van der Waals surface area contributed by atoms with Gasteiger partial charge in [0.05, 0.1) is 15.7 Å². The molecule has 2 bridgehead atoms. The molecule has 2 saturated carbocycles. The molecule has 0 radical (unpaired) electrons. The second kappa shape index (κ2) is 10.5. The maximum Gasteiger partial charge on any atom is 0.320 e. The lowest BCUT2D eigenvalue weighted by Crippen LogP contribution is -2.48. The van der Waals surface area contributed by atoms with Crippen molar-refractivity contribution in [2.45, 2.75) is 57.0 Å². The molecule has 1 aromatic carbocycles. The quantitative estimate of drug-likeness (QED) is 0.463. The van der Waals surface area contributed by atoms with Gasteiger partial charge in [0.2, 0.25) is 0 Å². The lowest BCUT2D eigenvalue weighted by atomic mass is 9.82. The van der Waals surface area contributed by atoms with Gasteiger partial charge < -0.3 is 24.9 Å². The van der Waals surface area contributed by atoms with Gasteiger partial charge >= 0.3 is 6.03 Å². The van der Waals surface area contributed by atoms with Crippen molar-refractivity contribution < 1.29 is 15.0 Å². The molecule has 3 heterocycles. The summed E-state index contributed by atoms with van der Waals surface area (Å²) in [5, 5.41) is 23.9. The van der Waals surface area contributed by atoms with Crippen LogP contribution < -0.4 is 4.90 Å². The number of aromatic nitrogens is 1. The number of amides is 2. The third-order valence-corrected chi connectivity index (χ3v) is 11.7. The van der Waals surface area contributed by atoms with Crippen LogP contribution in [0.2, 0.25) is 10.0 Å². The number of carbonyl (C=O) groups excluding carboxylic acids is 1. The number of likely N-dealkylation sites (tertiary alicyclic amines) is 1. The second-order valence-corrected chi connectivity index (χ2v) is 13.9. The number of aromatic hydroxyl groups is 2. The van der Waals surface area contributed by atoms with Crippen molar-refractivity contribution in [2.24, 2.45) is 17.8 Å². The van der Waals surface area contributed by atoms with E-state index in [-0.39, 0.29) is 41.6 Å². The highest BCUT2D eigenvalue weighted by Gasteiger charge is 2.56. The maximum absolute atomic E-state index is 13.2. The molecule has 0 spiro atoms. The van der Waals surface area contributed by atoms with Gasteiger partial charge in [-0.3, -0.25) is 9.47 Å². The number of rotatable bonds is 6. The van der Waals surface area contributed by atoms with Gasteiger partial charge in [0.1, 0.15) is 0 Å². The monoisotopic (exact) mass is 601 g/mol. The zero-order valence-corrected chi connectivity index (χ0v) is 25.5. The molecule has 2 aromatic rings. The highest BCUT2D eigenvalue weighted by Crippen LogP contribution is 2.63. The fraction of sp³-hybridized carbons (Fsp3) is 0.645. The Hall–Kier alpha value is -2.29. The van der Waals surface area contributed by atoms with Crippen LogP contribution in [0.3, 0.4) is 0 Å². The number of piperazine rings is 1. The summed E-state index contributed by atoms with van der Waals surface area (Å²) < 4.78 is 1.77. The standard InChI is InChI=1S/C31H41Cl2N5O3/c1-18-21-15-22(28(18)34(2)31(41)37-8-3-4-9-37)26-25(21)29(39)38(30(26)40)17-20-14-19(20)16-35-10-12-36(13-11-35)24-7-5-6-23(32)27(24)33/h5-7,18-22,28,39-40H,3-4,8-17H2,1-2H3/t18?,19-,20-,21?,22?,28?/m1/s1. The number of nitrogens with zero attached hydrogens (tertiary/aromatic N) is 5. The zero-order chi connectivity index (χ0) is 28.6. The van der Waals surface area contributed by atoms with E-state index in [4.69, 9.17) is 23.2 Å². The van der Waals surface area contributed by atoms with E-state index in [0.29, 0.717) is 28.4 Å². The first kappa shape index (κ1) is 27.5. The Balaban J connectivity index is 0.980. The molecule has 4 unspecified atom stereocenters. The minimum atomic E-state index is 0.0517. The second-order valence-electron chi connectivity index (χ2n) is 13.1. The Kier molecular flexibility index (Phi) is 7.02. The normalized spacial score (nSPS) is 30.7. The molecule has 8 nitrogen and oxygen atoms in total. The zero-order valence-electron chi connectivity index (χ0n) is 24.0. The number of halogens is 2. The van der Waals surface area contributed by atoms with E-state index in [1.165, 1.54) is 0 Å². The molecule has 2 N–H and O–H groups in total. The first-order valence-corrected chi connectivity index (χ1v) is 16.1. The molecule has 6 atom stereocenters. The van der Waals surface area contributed by atoms with Crippen molar-refractivity contribution in [1.82, 2.24) is 19.3 Å². The number of fused-ring (bicyclic) bond motifs is 5. The largest absolute Gasteiger partial charge is 0.494 e. The molecule has 7 rings (SSSR count). The number of likely N-dealkylation sites (N-methyl/N-ethyl adjacent to an activating group) is 1. The van der Waals surface area contributed by atoms with Crippen LogP contribution in [0.4, 0.5) is 10.5 Å². The Morgan fingerprint density at radius 1 is 0.927 bits per heavy atom. The van der Waals surface area contributed by atoms with Gasteiger partial charge in [0, 0.05) is 82.5 Å². The van der Waals surface area contributed by atoms with Gasteiger partial charge in [0.25, 0.3) is 0 Å². The van der Waals surface area contributed by atoms with Crippen LogP contribution in [-0.4, -0.2) is 94.4 Å². The summed E-state index contributed by atoms with van der Waals surface area (Å²) in [4.78, 5) is 21.9. The van der Waals surface area contributed by atoms with E-state index in [2.05, 4.69) is 16.7 Å². The van der Waals surface area contributed by atoms with Crippen molar-refractivity contribution in [3.05, 3.63) is 39.4 Å². The lowest BCUT2D eigenvalue weighted by molar-refractivity contribution is 0.137. The molecule has 5 aliphatic rings. The minimum Gasteiger partial charge on any atom is -0.494 e. The fourth-order valence-corrected chi connectivity index (χ4v) is 8.97. The third kappa shape index (κ3) is 4.56. The summed E-state index contributed by atoms with van der Waals surface area (Å²) in [5.41, 5.74) is 2.84. The molecular formula is C31H41Cl2N5O3. The molecule has 2 aliphatic heterocycles. The van der Waals surface area contributed by atoms with Gasteiger partial charge in [-0.05, 0) is 61.5 Å². The van der Waals surface area contributed by atoms with Gasteiger partial charge in [-0.2, -0.15) is 0 Å². The molecule has 3 aliphatic carbocycles. The van der Waals surface area contributed by atoms with Crippen molar-refractivity contribution in [2.75, 3.05) is 57.8 Å². The number of benzene rings is 1. The average molecular weight is 603 g/mol. The van der Waals surface area contributed by atoms with Crippen molar-refractivity contribution >= 4 is 34.9 Å². The summed E-state index contributed by atoms with van der Waals surface area (Å²) in [5.74, 6) is 2.00. The molecule has 10 heteroatoms. The van der Waals surface area contributed by atoms with E-state index < -0.39 is 0 Å². The Labute approximate surface area is 252 Å². The number of hydrogen-bond donors (Lipinski definition) is 2. The summed E-state index contributed by atoms with van der Waals surface area (Å²) in [6.07, 6.45) is 4.16. The van der Waals surface area contributed by atoms with E-state index in [1.807, 2.05) is 35.0 Å². The summed E-state index contributed by atoms with van der Waals surface area (Å²) in [7, 11) is 1.92. The van der Waals surface area contributed by atoms with Crippen LogP contribution in [0.25, 0.3) is 0 Å². The van der Waals surface area contributed by atoms with E-state index in [9.17, 15) is 15.0 Å². The van der Waals surface area contributed by atoms with E-state index >= 15 is 0 Å². The predicted molar refractivity (Wildman–Crippen MR) is 161 cm³/mol. The fourth-order valence-electron chi connectivity index (χ4n) is 8.55. The van der Waals surface area contributed by atoms with Crippen molar-refractivity contribution in [3.8, 4) is 11.8 Å². The Morgan fingerprint density at radius 2 is 1.59 bits per heavy atom. The van der Waals surface area contributed by atoms with Crippen LogP contribution in [0.1, 0.15) is 55.6 Å². The molecule has 2 saturated heterocycles. The average Bonchev–Trinajstić information content (AvgIpc) is 3.35. The molecule has 1 aromatic heterocycles. The number of anilines is 1. The first-order valence-electron chi connectivity index (χ1n) is 15.3. The first-order chi connectivity index (χ1) is 19.7. The van der Waals surface area contributed by atoms with Crippen molar-refractivity contribution in [3.63, 3.8) is 0 Å². The van der Waals surface area contributed by atoms with E-state index in [1.54, 1.807) is 4.57 Å². The SMILES string of the molecule is CC1C2CC(c3c2c(O)n(C[C@H]2C[C@@H]2CN2CCN(c4cccc(Cl)c4Cl)CC2)c3O)C1N(C)C(=O)N1CCCC1. The lowest BCUT2D eigenvalue weighted by Gasteiger charge is -2.37. The molecule has 222 valence electrons. The van der Waals surface area contributed by atoms with Crippen LogP contribution in [0, 0.1) is 17.8 Å². The summed E-state index contributed by atoms with van der Waals surface area (Å²) >= 11 is 12.7. The van der Waals surface area contributed by atoms with Gasteiger partial charge in [-0.1, -0.05) is 36.2 Å². The highest BCUT2D eigenvalue weighted by molar-refractivity contribution is 6.43. The number of urea groups is 1. The van der Waals surface area contributed by atoms with Gasteiger partial charge in [0.15, 0.2) is 11.8 Å². The maximum atomic E-state index is 13.2. The van der Waals surface area contributed by atoms with Gasteiger partial charge in [-0.15, -0.1) is 0 Å². The number of carbonyl (C=O) groups is 1. The van der Waals surface area contributed by atoms with Crippen molar-refractivity contribution in [1.29, 1.82) is 0 Å². The molecule has 4 fully saturated rings. The molecule has 41 heavy (non-hydrogen) atoms. The van der Waals surface area contributed by atoms with Crippen LogP contribution in [-0.2, 0) is 6.54 Å². The van der Waals surface area contributed by atoms with Crippen LogP contribution in [0.15, 0.2) is 18.2 Å². The Morgan fingerprint density at radius 3 is 2.29 bits per heavy atom. The Bertz CT molecular complexity index is 1340. The van der Waals surface area contributed by atoms with Crippen LogP contribution >= 0.6 is 23.2 Å².